The quantitative estimate of drug-likeness (QED) is 0.514. The molecule has 0 bridgehead atoms. The zero-order chi connectivity index (χ0) is 24.1. The van der Waals surface area contributed by atoms with Gasteiger partial charge in [-0.2, -0.15) is 0 Å². The number of hydrogen-bond donors (Lipinski definition) is 2. The minimum absolute atomic E-state index is 0.0629. The van der Waals surface area contributed by atoms with Crippen molar-refractivity contribution in [3.63, 3.8) is 0 Å². The molecule has 6 heteroatoms. The van der Waals surface area contributed by atoms with Gasteiger partial charge in [0, 0.05) is 43.9 Å². The number of carboxylic acids is 1. The molecule has 3 aromatic carbocycles. The van der Waals surface area contributed by atoms with E-state index in [1.54, 1.807) is 0 Å². The molecule has 6 nitrogen and oxygen atoms in total. The molecule has 1 aliphatic rings. The van der Waals surface area contributed by atoms with E-state index >= 15 is 0 Å². The zero-order valence-electron chi connectivity index (χ0n) is 20.0. The lowest BCUT2D eigenvalue weighted by atomic mass is 9.99. The third-order valence-electron chi connectivity index (χ3n) is 6.71. The molecule has 1 atom stereocenters. The van der Waals surface area contributed by atoms with Crippen molar-refractivity contribution in [2.45, 2.75) is 32.7 Å². The number of piperazine rings is 1. The van der Waals surface area contributed by atoms with Crippen molar-refractivity contribution in [1.82, 2.24) is 10.2 Å². The van der Waals surface area contributed by atoms with Crippen LogP contribution in [-0.2, 0) is 4.79 Å². The van der Waals surface area contributed by atoms with Crippen molar-refractivity contribution in [3.8, 4) is 0 Å². The lowest BCUT2D eigenvalue weighted by Gasteiger charge is -2.36. The molecule has 2 N–H and O–H groups in total. The topological polar surface area (TPSA) is 72.9 Å². The van der Waals surface area contributed by atoms with Crippen LogP contribution in [0.4, 0.5) is 5.69 Å². The number of anilines is 1. The fourth-order valence-electron chi connectivity index (χ4n) is 4.72. The highest BCUT2D eigenvalue weighted by Crippen LogP contribution is 2.26. The molecule has 0 spiro atoms. The van der Waals surface area contributed by atoms with Gasteiger partial charge >= 0.3 is 5.97 Å². The van der Waals surface area contributed by atoms with Gasteiger partial charge in [0.1, 0.15) is 0 Å². The highest BCUT2D eigenvalue weighted by Gasteiger charge is 2.20. The average molecular weight is 460 g/mol. The van der Waals surface area contributed by atoms with Crippen LogP contribution in [0.25, 0.3) is 10.8 Å². The fourth-order valence-corrected chi connectivity index (χ4v) is 4.72. The maximum absolute atomic E-state index is 13.3. The summed E-state index contributed by atoms with van der Waals surface area (Å²) in [4.78, 5) is 28.6. The number of hydrogen-bond acceptors (Lipinski definition) is 4. The van der Waals surface area contributed by atoms with E-state index in [1.165, 1.54) is 5.39 Å². The third kappa shape index (κ3) is 5.57. The molecule has 4 rings (SSSR count). The standard InChI is InChI=1S/C28H33N3O3/c1-20-12-13-23(31-17-15-30(16-18-31)14-6-11-27(32)33)19-26(20)28(34)29-21(2)24-10-5-8-22-7-3-4-9-25(22)24/h3-5,7-10,12-13,19,21H,6,11,14-18H2,1-2H3,(H,29,34)(H,32,33). The molecule has 1 heterocycles. The maximum atomic E-state index is 13.3. The first-order valence-electron chi connectivity index (χ1n) is 12.0. The van der Waals surface area contributed by atoms with Crippen LogP contribution in [0.1, 0.15) is 47.3 Å². The first-order chi connectivity index (χ1) is 16.4. The Hall–Kier alpha value is -3.38. The van der Waals surface area contributed by atoms with Crippen molar-refractivity contribution >= 4 is 28.3 Å². The second-order valence-electron chi connectivity index (χ2n) is 9.09. The number of amides is 1. The summed E-state index contributed by atoms with van der Waals surface area (Å²) >= 11 is 0. The molecular formula is C28H33N3O3. The van der Waals surface area contributed by atoms with E-state index in [2.05, 4.69) is 45.4 Å². The first-order valence-corrected chi connectivity index (χ1v) is 12.0. The molecule has 178 valence electrons. The summed E-state index contributed by atoms with van der Waals surface area (Å²) in [5, 5.41) is 14.4. The number of rotatable bonds is 8. The van der Waals surface area contributed by atoms with Crippen LogP contribution in [0.5, 0.6) is 0 Å². The summed E-state index contributed by atoms with van der Waals surface area (Å²) in [7, 11) is 0. The van der Waals surface area contributed by atoms with Crippen LogP contribution in [0.2, 0.25) is 0 Å². The van der Waals surface area contributed by atoms with Crippen LogP contribution in [0.15, 0.2) is 60.7 Å². The van der Waals surface area contributed by atoms with Gasteiger partial charge in [0.2, 0.25) is 0 Å². The summed E-state index contributed by atoms with van der Waals surface area (Å²) in [6.45, 7) is 8.34. The Morgan fingerprint density at radius 2 is 1.74 bits per heavy atom. The van der Waals surface area contributed by atoms with Gasteiger partial charge in [-0.3, -0.25) is 14.5 Å². The van der Waals surface area contributed by atoms with Crippen LogP contribution in [-0.4, -0.2) is 54.6 Å². The van der Waals surface area contributed by atoms with Crippen LogP contribution in [0.3, 0.4) is 0 Å². The Bertz CT molecular complexity index is 1160. The monoisotopic (exact) mass is 459 g/mol. The third-order valence-corrected chi connectivity index (χ3v) is 6.71. The van der Waals surface area contributed by atoms with Gasteiger partial charge < -0.3 is 15.3 Å². The molecule has 1 fully saturated rings. The molecular weight excluding hydrogens is 426 g/mol. The number of carboxylic acid groups (broad SMARTS) is 1. The Morgan fingerprint density at radius 1 is 1.00 bits per heavy atom. The number of aliphatic carboxylic acids is 1. The summed E-state index contributed by atoms with van der Waals surface area (Å²) in [5.74, 6) is -0.800. The number of carbonyl (C=O) groups is 2. The molecule has 0 aliphatic carbocycles. The Balaban J connectivity index is 1.42. The normalized spacial score (nSPS) is 15.3. The number of benzene rings is 3. The van der Waals surface area contributed by atoms with E-state index in [-0.39, 0.29) is 18.4 Å². The summed E-state index contributed by atoms with van der Waals surface area (Å²) in [6.07, 6.45) is 0.896. The number of nitrogens with one attached hydrogen (secondary N) is 1. The predicted molar refractivity (Wildman–Crippen MR) is 137 cm³/mol. The minimum Gasteiger partial charge on any atom is -0.481 e. The van der Waals surface area contributed by atoms with E-state index < -0.39 is 5.97 Å². The van der Waals surface area contributed by atoms with E-state index in [1.807, 2.05) is 44.2 Å². The van der Waals surface area contributed by atoms with Crippen molar-refractivity contribution in [2.75, 3.05) is 37.6 Å². The Labute approximate surface area is 201 Å². The molecule has 1 unspecified atom stereocenters. The van der Waals surface area contributed by atoms with Crippen LogP contribution in [0, 0.1) is 6.92 Å². The first kappa shape index (κ1) is 23.8. The van der Waals surface area contributed by atoms with Gasteiger partial charge in [0.05, 0.1) is 6.04 Å². The fraction of sp³-hybridized carbons (Fsp3) is 0.357. The van der Waals surface area contributed by atoms with Crippen molar-refractivity contribution < 1.29 is 14.7 Å². The van der Waals surface area contributed by atoms with Crippen molar-refractivity contribution in [1.29, 1.82) is 0 Å². The van der Waals surface area contributed by atoms with Gasteiger partial charge in [-0.1, -0.05) is 48.5 Å². The second kappa shape index (κ2) is 10.7. The Kier molecular flexibility index (Phi) is 7.48. The lowest BCUT2D eigenvalue weighted by Crippen LogP contribution is -2.46. The number of aryl methyl sites for hydroxylation is 1. The minimum atomic E-state index is -0.737. The predicted octanol–water partition coefficient (Wildman–Crippen LogP) is 4.63. The van der Waals surface area contributed by atoms with Gasteiger partial charge in [-0.25, -0.2) is 0 Å². The van der Waals surface area contributed by atoms with Gasteiger partial charge in [-0.15, -0.1) is 0 Å². The lowest BCUT2D eigenvalue weighted by molar-refractivity contribution is -0.137. The van der Waals surface area contributed by atoms with Gasteiger partial charge in [0.25, 0.3) is 5.91 Å². The maximum Gasteiger partial charge on any atom is 0.303 e. The Morgan fingerprint density at radius 3 is 2.50 bits per heavy atom. The zero-order valence-corrected chi connectivity index (χ0v) is 20.0. The smallest absolute Gasteiger partial charge is 0.303 e. The number of fused-ring (bicyclic) bond motifs is 1. The van der Waals surface area contributed by atoms with E-state index in [0.29, 0.717) is 12.0 Å². The number of carbonyl (C=O) groups excluding carboxylic acids is 1. The highest BCUT2D eigenvalue weighted by atomic mass is 16.4. The summed E-state index contributed by atoms with van der Waals surface area (Å²) in [6, 6.07) is 20.4. The average Bonchev–Trinajstić information content (AvgIpc) is 2.84. The molecule has 0 radical (unpaired) electrons. The van der Waals surface area contributed by atoms with Crippen molar-refractivity contribution in [2.24, 2.45) is 0 Å². The number of nitrogens with zero attached hydrogens (tertiary/aromatic N) is 2. The second-order valence-corrected chi connectivity index (χ2v) is 9.09. The van der Waals surface area contributed by atoms with E-state index in [0.717, 1.165) is 54.9 Å². The molecule has 3 aromatic rings. The highest BCUT2D eigenvalue weighted by molar-refractivity contribution is 5.97. The summed E-state index contributed by atoms with van der Waals surface area (Å²) < 4.78 is 0. The van der Waals surface area contributed by atoms with Gasteiger partial charge in [-0.05, 0) is 60.8 Å². The molecule has 0 aromatic heterocycles. The summed E-state index contributed by atoms with van der Waals surface area (Å²) in [5.41, 5.74) is 3.82. The molecule has 0 saturated carbocycles. The molecule has 34 heavy (non-hydrogen) atoms. The SMILES string of the molecule is Cc1ccc(N2CCN(CCCC(=O)O)CC2)cc1C(=O)NC(C)c1cccc2ccccc12. The molecule has 1 amide bonds. The molecule has 1 aliphatic heterocycles. The van der Waals surface area contributed by atoms with Crippen LogP contribution >= 0.6 is 0 Å². The van der Waals surface area contributed by atoms with E-state index in [4.69, 9.17) is 5.11 Å². The van der Waals surface area contributed by atoms with E-state index in [9.17, 15) is 9.59 Å². The van der Waals surface area contributed by atoms with Crippen molar-refractivity contribution in [3.05, 3.63) is 77.4 Å². The molecule has 1 saturated heterocycles. The van der Waals surface area contributed by atoms with Crippen LogP contribution < -0.4 is 10.2 Å². The largest absolute Gasteiger partial charge is 0.481 e. The van der Waals surface area contributed by atoms with Gasteiger partial charge in [0.15, 0.2) is 0 Å².